The zero-order valence-corrected chi connectivity index (χ0v) is 16.5. The molecule has 1 saturated heterocycles. The topological polar surface area (TPSA) is 50.8 Å². The van der Waals surface area contributed by atoms with Crippen molar-refractivity contribution in [2.45, 2.75) is 32.7 Å². The van der Waals surface area contributed by atoms with E-state index in [1.54, 1.807) is 32.4 Å². The summed E-state index contributed by atoms with van der Waals surface area (Å²) in [5.41, 5.74) is 4.26. The summed E-state index contributed by atoms with van der Waals surface area (Å²) in [5.74, 6) is 1.26. The van der Waals surface area contributed by atoms with Gasteiger partial charge in [-0.25, -0.2) is 0 Å². The predicted octanol–water partition coefficient (Wildman–Crippen LogP) is 4.04. The van der Waals surface area contributed by atoms with E-state index in [1.807, 2.05) is 4.90 Å². The van der Waals surface area contributed by atoms with Gasteiger partial charge in [-0.05, 0) is 62.1 Å². The van der Waals surface area contributed by atoms with Gasteiger partial charge in [0.25, 0.3) is 5.91 Å². The highest BCUT2D eigenvalue weighted by Crippen LogP contribution is 2.25. The zero-order chi connectivity index (χ0) is 19.4. The summed E-state index contributed by atoms with van der Waals surface area (Å²) < 4.78 is 10.6. The van der Waals surface area contributed by atoms with Crippen molar-refractivity contribution >= 4 is 11.6 Å². The number of aryl methyl sites for hydroxylation is 2. The molecule has 27 heavy (non-hydrogen) atoms. The summed E-state index contributed by atoms with van der Waals surface area (Å²) in [6.45, 7) is 5.69. The van der Waals surface area contributed by atoms with Crippen LogP contribution in [-0.2, 0) is 0 Å². The van der Waals surface area contributed by atoms with Crippen LogP contribution >= 0.6 is 0 Å². The number of likely N-dealkylation sites (tertiary alicyclic amines) is 1. The maximum Gasteiger partial charge on any atom is 0.254 e. The zero-order valence-electron chi connectivity index (χ0n) is 16.5. The SMILES string of the molecule is COc1cc(OC)cc(C(=O)N2CCCC(Nc3ccc(C)c(C)c3)C2)c1. The van der Waals surface area contributed by atoms with E-state index in [2.05, 4.69) is 37.4 Å². The van der Waals surface area contributed by atoms with E-state index in [1.165, 1.54) is 11.1 Å². The first-order valence-corrected chi connectivity index (χ1v) is 9.36. The Labute approximate surface area is 161 Å². The van der Waals surface area contributed by atoms with Crippen LogP contribution in [0.5, 0.6) is 11.5 Å². The molecule has 5 heteroatoms. The molecule has 3 rings (SSSR count). The Morgan fingerprint density at radius 2 is 1.74 bits per heavy atom. The fourth-order valence-electron chi connectivity index (χ4n) is 3.46. The highest BCUT2D eigenvalue weighted by molar-refractivity contribution is 5.95. The molecule has 1 amide bonds. The molecular formula is C22H28N2O3. The van der Waals surface area contributed by atoms with Crippen LogP contribution in [0.4, 0.5) is 5.69 Å². The number of ether oxygens (including phenoxy) is 2. The fraction of sp³-hybridized carbons (Fsp3) is 0.409. The number of carbonyl (C=O) groups excluding carboxylic acids is 1. The minimum absolute atomic E-state index is 0.0128. The number of hydrogen-bond acceptors (Lipinski definition) is 4. The van der Waals surface area contributed by atoms with Crippen molar-refractivity contribution in [2.75, 3.05) is 32.6 Å². The van der Waals surface area contributed by atoms with E-state index in [0.29, 0.717) is 23.6 Å². The van der Waals surface area contributed by atoms with Gasteiger partial charge in [0, 0.05) is 36.4 Å². The van der Waals surface area contributed by atoms with Crippen molar-refractivity contribution in [3.05, 3.63) is 53.1 Å². The smallest absolute Gasteiger partial charge is 0.254 e. The number of benzene rings is 2. The van der Waals surface area contributed by atoms with Crippen molar-refractivity contribution in [3.8, 4) is 11.5 Å². The summed E-state index contributed by atoms with van der Waals surface area (Å²) in [6, 6.07) is 12.0. The lowest BCUT2D eigenvalue weighted by molar-refractivity contribution is 0.0714. The molecule has 1 N–H and O–H groups in total. The fourth-order valence-corrected chi connectivity index (χ4v) is 3.46. The molecule has 2 aromatic rings. The molecule has 0 aliphatic carbocycles. The number of nitrogens with one attached hydrogen (secondary N) is 1. The van der Waals surface area contributed by atoms with Crippen molar-refractivity contribution in [3.63, 3.8) is 0 Å². The van der Waals surface area contributed by atoms with Gasteiger partial charge in [-0.2, -0.15) is 0 Å². The molecule has 2 aromatic carbocycles. The van der Waals surface area contributed by atoms with E-state index in [9.17, 15) is 4.79 Å². The summed E-state index contributed by atoms with van der Waals surface area (Å²) in [7, 11) is 3.18. The van der Waals surface area contributed by atoms with E-state index >= 15 is 0 Å². The van der Waals surface area contributed by atoms with Crippen LogP contribution in [0.2, 0.25) is 0 Å². The van der Waals surface area contributed by atoms with Crippen LogP contribution in [0, 0.1) is 13.8 Å². The van der Waals surface area contributed by atoms with Crippen LogP contribution in [0.1, 0.15) is 34.3 Å². The van der Waals surface area contributed by atoms with Gasteiger partial charge in [-0.15, -0.1) is 0 Å². The van der Waals surface area contributed by atoms with E-state index in [0.717, 1.165) is 25.1 Å². The number of anilines is 1. The lowest BCUT2D eigenvalue weighted by Crippen LogP contribution is -2.45. The number of rotatable bonds is 5. The Bertz CT molecular complexity index is 797. The van der Waals surface area contributed by atoms with Gasteiger partial charge in [-0.3, -0.25) is 4.79 Å². The maximum atomic E-state index is 13.0. The van der Waals surface area contributed by atoms with Crippen molar-refractivity contribution in [2.24, 2.45) is 0 Å². The summed E-state index contributed by atoms with van der Waals surface area (Å²) in [6.07, 6.45) is 2.04. The third-order valence-electron chi connectivity index (χ3n) is 5.18. The molecule has 1 heterocycles. The average Bonchev–Trinajstić information content (AvgIpc) is 2.70. The van der Waals surface area contributed by atoms with Gasteiger partial charge in [-0.1, -0.05) is 6.07 Å². The molecule has 0 radical (unpaired) electrons. The molecule has 1 unspecified atom stereocenters. The van der Waals surface area contributed by atoms with Gasteiger partial charge < -0.3 is 19.7 Å². The largest absolute Gasteiger partial charge is 0.497 e. The first-order chi connectivity index (χ1) is 13.0. The van der Waals surface area contributed by atoms with Crippen LogP contribution in [-0.4, -0.2) is 44.2 Å². The monoisotopic (exact) mass is 368 g/mol. The lowest BCUT2D eigenvalue weighted by atomic mass is 10.0. The number of piperidine rings is 1. The second kappa shape index (κ2) is 8.33. The highest BCUT2D eigenvalue weighted by Gasteiger charge is 2.25. The molecule has 1 aliphatic rings. The second-order valence-electron chi connectivity index (χ2n) is 7.14. The molecule has 0 spiro atoms. The number of carbonyl (C=O) groups is 1. The second-order valence-corrected chi connectivity index (χ2v) is 7.14. The Balaban J connectivity index is 1.71. The van der Waals surface area contributed by atoms with E-state index in [-0.39, 0.29) is 11.9 Å². The number of amides is 1. The Morgan fingerprint density at radius 3 is 2.37 bits per heavy atom. The van der Waals surface area contributed by atoms with E-state index in [4.69, 9.17) is 9.47 Å². The third kappa shape index (κ3) is 4.54. The molecule has 1 fully saturated rings. The van der Waals surface area contributed by atoms with Gasteiger partial charge in [0.05, 0.1) is 14.2 Å². The molecular weight excluding hydrogens is 340 g/mol. The van der Waals surface area contributed by atoms with Crippen molar-refractivity contribution < 1.29 is 14.3 Å². The van der Waals surface area contributed by atoms with Crippen molar-refractivity contribution in [1.82, 2.24) is 4.90 Å². The lowest BCUT2D eigenvalue weighted by Gasteiger charge is -2.34. The molecule has 0 aromatic heterocycles. The minimum atomic E-state index is 0.0128. The molecule has 5 nitrogen and oxygen atoms in total. The molecule has 0 saturated carbocycles. The van der Waals surface area contributed by atoms with Crippen molar-refractivity contribution in [1.29, 1.82) is 0 Å². The van der Waals surface area contributed by atoms with E-state index < -0.39 is 0 Å². The Morgan fingerprint density at radius 1 is 1.04 bits per heavy atom. The van der Waals surface area contributed by atoms with Crippen LogP contribution < -0.4 is 14.8 Å². The van der Waals surface area contributed by atoms with Crippen LogP contribution in [0.15, 0.2) is 36.4 Å². The quantitative estimate of drug-likeness (QED) is 0.865. The summed E-state index contributed by atoms with van der Waals surface area (Å²) in [5, 5.41) is 3.59. The Kier molecular flexibility index (Phi) is 5.89. The Hall–Kier alpha value is -2.69. The molecule has 144 valence electrons. The predicted molar refractivity (Wildman–Crippen MR) is 108 cm³/mol. The number of methoxy groups -OCH3 is 2. The number of nitrogens with zero attached hydrogens (tertiary/aromatic N) is 1. The maximum absolute atomic E-state index is 13.0. The van der Waals surface area contributed by atoms with Crippen LogP contribution in [0.25, 0.3) is 0 Å². The number of hydrogen-bond donors (Lipinski definition) is 1. The molecule has 1 aliphatic heterocycles. The standard InChI is InChI=1S/C22H28N2O3/c1-15-7-8-18(10-16(15)2)23-19-6-5-9-24(14-19)22(25)17-11-20(26-3)13-21(12-17)27-4/h7-8,10-13,19,23H,5-6,9,14H2,1-4H3. The summed E-state index contributed by atoms with van der Waals surface area (Å²) in [4.78, 5) is 14.9. The summed E-state index contributed by atoms with van der Waals surface area (Å²) >= 11 is 0. The van der Waals surface area contributed by atoms with Gasteiger partial charge in [0.2, 0.25) is 0 Å². The molecule has 1 atom stereocenters. The first-order valence-electron chi connectivity index (χ1n) is 9.36. The minimum Gasteiger partial charge on any atom is -0.497 e. The van der Waals surface area contributed by atoms with Gasteiger partial charge >= 0.3 is 0 Å². The van der Waals surface area contributed by atoms with Gasteiger partial charge in [0.1, 0.15) is 11.5 Å². The van der Waals surface area contributed by atoms with Gasteiger partial charge in [0.15, 0.2) is 0 Å². The first kappa shape index (κ1) is 19.1. The molecule has 0 bridgehead atoms. The highest BCUT2D eigenvalue weighted by atomic mass is 16.5. The normalized spacial score (nSPS) is 16.7. The average molecular weight is 368 g/mol. The van der Waals surface area contributed by atoms with Crippen LogP contribution in [0.3, 0.4) is 0 Å². The third-order valence-corrected chi connectivity index (χ3v) is 5.18.